The van der Waals surface area contributed by atoms with Crippen LogP contribution in [0.15, 0.2) is 24.3 Å². The summed E-state index contributed by atoms with van der Waals surface area (Å²) in [5.41, 5.74) is 7.69. The van der Waals surface area contributed by atoms with E-state index in [9.17, 15) is 4.79 Å². The lowest BCUT2D eigenvalue weighted by atomic mass is 10.1. The topological polar surface area (TPSA) is 78.6 Å². The van der Waals surface area contributed by atoms with Crippen molar-refractivity contribution in [3.05, 3.63) is 35.4 Å². The third-order valence-corrected chi connectivity index (χ3v) is 3.52. The number of benzene rings is 1. The summed E-state index contributed by atoms with van der Waals surface area (Å²) in [6.45, 7) is 1.26. The maximum absolute atomic E-state index is 12.1. The fourth-order valence-electron chi connectivity index (χ4n) is 2.49. The lowest BCUT2D eigenvalue weighted by molar-refractivity contribution is -0.125. The van der Waals surface area contributed by atoms with Crippen LogP contribution >= 0.6 is 0 Å². The fraction of sp³-hybridized carbons (Fsp3) is 0.500. The number of hydrogen-bond acceptors (Lipinski definition) is 4. The van der Waals surface area contributed by atoms with E-state index in [2.05, 4.69) is 5.32 Å². The molecule has 1 aromatic carbocycles. The highest BCUT2D eigenvalue weighted by atomic mass is 16.3. The molecule has 1 aliphatic heterocycles. The van der Waals surface area contributed by atoms with E-state index in [1.54, 1.807) is 0 Å². The van der Waals surface area contributed by atoms with E-state index in [0.717, 1.165) is 17.7 Å². The molecule has 0 aliphatic carbocycles. The van der Waals surface area contributed by atoms with Crippen LogP contribution in [-0.2, 0) is 17.9 Å². The molecule has 4 N–H and O–H groups in total. The van der Waals surface area contributed by atoms with Gasteiger partial charge in [-0.25, -0.2) is 0 Å². The Labute approximate surface area is 113 Å². The summed E-state index contributed by atoms with van der Waals surface area (Å²) in [6.07, 6.45) is 0.707. The van der Waals surface area contributed by atoms with E-state index in [1.165, 1.54) is 0 Å². The molecule has 0 saturated carbocycles. The van der Waals surface area contributed by atoms with E-state index >= 15 is 0 Å². The molecule has 1 aromatic rings. The monoisotopic (exact) mass is 263 g/mol. The second kappa shape index (κ2) is 6.14. The van der Waals surface area contributed by atoms with Crippen LogP contribution in [0.2, 0.25) is 0 Å². The number of likely N-dealkylation sites (tertiary alicyclic amines) is 1. The van der Waals surface area contributed by atoms with Crippen molar-refractivity contribution in [1.82, 2.24) is 10.2 Å². The first-order valence-electron chi connectivity index (χ1n) is 6.52. The van der Waals surface area contributed by atoms with Gasteiger partial charge in [0.05, 0.1) is 12.6 Å². The Hall–Kier alpha value is -1.43. The summed E-state index contributed by atoms with van der Waals surface area (Å²) in [4.78, 5) is 14.1. The number of rotatable bonds is 4. The van der Waals surface area contributed by atoms with Gasteiger partial charge in [0, 0.05) is 19.1 Å². The van der Waals surface area contributed by atoms with Crippen LogP contribution in [0.1, 0.15) is 17.5 Å². The number of nitrogens with two attached hydrogens (primary N) is 1. The van der Waals surface area contributed by atoms with Crippen LogP contribution in [0.3, 0.4) is 0 Å². The molecule has 2 rings (SSSR count). The molecular formula is C14H21N3O2. The summed E-state index contributed by atoms with van der Waals surface area (Å²) in [5.74, 6) is 0.0184. The molecular weight excluding hydrogens is 242 g/mol. The maximum atomic E-state index is 12.1. The van der Waals surface area contributed by atoms with Gasteiger partial charge in [-0.1, -0.05) is 24.3 Å². The van der Waals surface area contributed by atoms with Crippen LogP contribution < -0.4 is 11.1 Å². The molecule has 5 nitrogen and oxygen atoms in total. The zero-order valence-corrected chi connectivity index (χ0v) is 11.2. The van der Waals surface area contributed by atoms with Gasteiger partial charge in [-0.3, -0.25) is 9.69 Å². The third-order valence-electron chi connectivity index (χ3n) is 3.52. The molecule has 104 valence electrons. The molecule has 0 bridgehead atoms. The number of amides is 1. The Bertz CT molecular complexity index is 450. The Balaban J connectivity index is 1.89. The quantitative estimate of drug-likeness (QED) is 0.704. The van der Waals surface area contributed by atoms with Gasteiger partial charge in [0.2, 0.25) is 5.91 Å². The number of nitrogens with zero attached hydrogens (tertiary/aromatic N) is 1. The van der Waals surface area contributed by atoms with Gasteiger partial charge >= 0.3 is 0 Å². The van der Waals surface area contributed by atoms with Gasteiger partial charge in [0.1, 0.15) is 0 Å². The van der Waals surface area contributed by atoms with E-state index in [0.29, 0.717) is 13.0 Å². The molecule has 5 heteroatoms. The molecule has 0 aromatic heterocycles. The maximum Gasteiger partial charge on any atom is 0.237 e. The van der Waals surface area contributed by atoms with E-state index in [-0.39, 0.29) is 24.6 Å². The Morgan fingerprint density at radius 1 is 1.53 bits per heavy atom. The Kier molecular flexibility index (Phi) is 4.52. The highest BCUT2D eigenvalue weighted by Gasteiger charge is 2.32. The van der Waals surface area contributed by atoms with Gasteiger partial charge in [-0.05, 0) is 24.6 Å². The second-order valence-electron chi connectivity index (χ2n) is 5.15. The van der Waals surface area contributed by atoms with Crippen LogP contribution in [-0.4, -0.2) is 41.6 Å². The molecule has 1 heterocycles. The summed E-state index contributed by atoms with van der Waals surface area (Å²) in [7, 11) is 1.92. The molecule has 1 aliphatic rings. The van der Waals surface area contributed by atoms with Crippen LogP contribution in [0.4, 0.5) is 0 Å². The van der Waals surface area contributed by atoms with Crippen molar-refractivity contribution in [1.29, 1.82) is 0 Å². The third kappa shape index (κ3) is 3.53. The molecule has 19 heavy (non-hydrogen) atoms. The zero-order chi connectivity index (χ0) is 13.8. The van der Waals surface area contributed by atoms with E-state index in [1.807, 2.05) is 36.2 Å². The zero-order valence-electron chi connectivity index (χ0n) is 11.2. The first kappa shape index (κ1) is 14.0. The average Bonchev–Trinajstić information content (AvgIpc) is 2.75. The highest BCUT2D eigenvalue weighted by molar-refractivity contribution is 5.82. The minimum Gasteiger partial charge on any atom is -0.392 e. The molecule has 0 radical (unpaired) electrons. The van der Waals surface area contributed by atoms with Gasteiger partial charge in [-0.15, -0.1) is 0 Å². The van der Waals surface area contributed by atoms with Crippen molar-refractivity contribution in [3.8, 4) is 0 Å². The first-order valence-corrected chi connectivity index (χ1v) is 6.52. The lowest BCUT2D eigenvalue weighted by Crippen LogP contribution is -2.41. The van der Waals surface area contributed by atoms with E-state index in [4.69, 9.17) is 10.8 Å². The molecule has 1 saturated heterocycles. The summed E-state index contributed by atoms with van der Waals surface area (Å²) >= 11 is 0. The predicted octanol–water partition coefficient (Wildman–Crippen LogP) is -0.173. The lowest BCUT2D eigenvalue weighted by Gasteiger charge is -2.18. The summed E-state index contributed by atoms with van der Waals surface area (Å²) in [6, 6.07) is 7.52. The minimum absolute atomic E-state index is 0.0159. The number of carbonyl (C=O) groups is 1. The second-order valence-corrected chi connectivity index (χ2v) is 5.15. The van der Waals surface area contributed by atoms with Gasteiger partial charge in [0.15, 0.2) is 0 Å². The smallest absolute Gasteiger partial charge is 0.237 e. The number of aliphatic hydroxyl groups is 1. The fourth-order valence-corrected chi connectivity index (χ4v) is 2.49. The number of likely N-dealkylation sites (N-methyl/N-ethyl adjacent to an activating group) is 1. The summed E-state index contributed by atoms with van der Waals surface area (Å²) < 4.78 is 0. The van der Waals surface area contributed by atoms with Crippen LogP contribution in [0.25, 0.3) is 0 Å². The molecule has 2 atom stereocenters. The van der Waals surface area contributed by atoms with Crippen molar-refractivity contribution in [3.63, 3.8) is 0 Å². The van der Waals surface area contributed by atoms with Crippen molar-refractivity contribution >= 4 is 5.91 Å². The minimum atomic E-state index is -0.129. The Morgan fingerprint density at radius 3 is 2.89 bits per heavy atom. The van der Waals surface area contributed by atoms with Crippen LogP contribution in [0, 0.1) is 0 Å². The largest absolute Gasteiger partial charge is 0.392 e. The molecule has 1 amide bonds. The summed E-state index contributed by atoms with van der Waals surface area (Å²) in [5, 5.41) is 12.0. The highest BCUT2D eigenvalue weighted by Crippen LogP contribution is 2.14. The number of hydrogen-bond donors (Lipinski definition) is 3. The molecule has 0 unspecified atom stereocenters. The van der Waals surface area contributed by atoms with Crippen molar-refractivity contribution < 1.29 is 9.90 Å². The van der Waals surface area contributed by atoms with E-state index < -0.39 is 0 Å². The molecule has 0 spiro atoms. The standard InChI is InChI=1S/C14H21N3O2/c1-17-8-12(15)6-13(17)14(19)16-7-10-3-2-4-11(5-10)9-18/h2-5,12-13,18H,6-9,15H2,1H3,(H,16,19)/t12-,13-/m0/s1. The van der Waals surface area contributed by atoms with Crippen molar-refractivity contribution in [2.24, 2.45) is 5.73 Å². The van der Waals surface area contributed by atoms with Crippen molar-refractivity contribution in [2.45, 2.75) is 31.7 Å². The number of aliphatic hydroxyl groups excluding tert-OH is 1. The van der Waals surface area contributed by atoms with Gasteiger partial charge in [0.25, 0.3) is 0 Å². The Morgan fingerprint density at radius 2 is 2.26 bits per heavy atom. The number of carbonyl (C=O) groups excluding carboxylic acids is 1. The SMILES string of the molecule is CN1C[C@@H](N)C[C@H]1C(=O)NCc1cccc(CO)c1. The van der Waals surface area contributed by atoms with Crippen LogP contribution in [0.5, 0.6) is 0 Å². The molecule has 1 fully saturated rings. The predicted molar refractivity (Wildman–Crippen MR) is 73.2 cm³/mol. The van der Waals surface area contributed by atoms with Crippen molar-refractivity contribution in [2.75, 3.05) is 13.6 Å². The first-order chi connectivity index (χ1) is 9.10. The average molecular weight is 263 g/mol. The number of nitrogens with one attached hydrogen (secondary N) is 1. The van der Waals surface area contributed by atoms with Gasteiger partial charge in [-0.2, -0.15) is 0 Å². The van der Waals surface area contributed by atoms with Gasteiger partial charge < -0.3 is 16.2 Å². The normalized spacial score (nSPS) is 23.5.